The van der Waals surface area contributed by atoms with Gasteiger partial charge in [0.25, 0.3) is 0 Å². The molecule has 0 unspecified atom stereocenters. The summed E-state index contributed by atoms with van der Waals surface area (Å²) >= 11 is 1.50. The van der Waals surface area contributed by atoms with Crippen molar-refractivity contribution in [2.75, 3.05) is 50.0 Å². The molecule has 4 rings (SSSR count). The summed E-state index contributed by atoms with van der Waals surface area (Å²) in [5, 5.41) is 0.645. The Hall–Kier alpha value is -2.40. The average molecular weight is 534 g/mol. The van der Waals surface area contributed by atoms with E-state index in [9.17, 15) is 17.6 Å². The number of thiazole rings is 1. The van der Waals surface area contributed by atoms with Gasteiger partial charge in [-0.1, -0.05) is 17.4 Å². The smallest absolute Gasteiger partial charge is 0.228 e. The Kier molecular flexibility index (Phi) is 8.71. The van der Waals surface area contributed by atoms with Crippen LogP contribution in [0.3, 0.4) is 0 Å². The number of nitrogens with zero attached hydrogens (tertiary/aromatic N) is 3. The van der Waals surface area contributed by atoms with Crippen LogP contribution in [0.15, 0.2) is 41.3 Å². The van der Waals surface area contributed by atoms with E-state index in [-0.39, 0.29) is 29.4 Å². The van der Waals surface area contributed by atoms with Crippen molar-refractivity contribution < 1.29 is 22.3 Å². The standard InChI is InChI=1S/C26H32FN3O4S2/c1-19-17-20(2)25-23(18-19)28-26(35-25)30(11-4-10-29-12-14-34-15-13-29)24(31)5-3-16-36(32,33)22-8-6-21(27)7-9-22/h6-9,17-18H,3-5,10-16H2,1-2H3. The van der Waals surface area contributed by atoms with Gasteiger partial charge in [-0.05, 0) is 68.1 Å². The van der Waals surface area contributed by atoms with Gasteiger partial charge in [0.05, 0.1) is 34.1 Å². The molecule has 0 spiro atoms. The van der Waals surface area contributed by atoms with Crippen molar-refractivity contribution in [2.24, 2.45) is 0 Å². The number of carbonyl (C=O) groups is 1. The van der Waals surface area contributed by atoms with Gasteiger partial charge < -0.3 is 4.74 Å². The van der Waals surface area contributed by atoms with Gasteiger partial charge in [-0.15, -0.1) is 0 Å². The Bertz CT molecular complexity index is 1300. The number of amides is 1. The number of benzene rings is 2. The van der Waals surface area contributed by atoms with Gasteiger partial charge in [-0.25, -0.2) is 17.8 Å². The van der Waals surface area contributed by atoms with Crippen molar-refractivity contribution in [2.45, 2.75) is 38.0 Å². The second-order valence-electron chi connectivity index (χ2n) is 9.16. The van der Waals surface area contributed by atoms with Crippen LogP contribution in [0, 0.1) is 19.7 Å². The number of rotatable bonds is 10. The number of anilines is 1. The number of hydrogen-bond acceptors (Lipinski definition) is 7. The molecule has 7 nitrogen and oxygen atoms in total. The highest BCUT2D eigenvalue weighted by atomic mass is 32.2. The topological polar surface area (TPSA) is 79.8 Å². The number of ether oxygens (including phenoxy) is 1. The molecule has 194 valence electrons. The first-order valence-electron chi connectivity index (χ1n) is 12.2. The molecular formula is C26H32FN3O4S2. The molecule has 1 aromatic heterocycles. The Morgan fingerprint density at radius 1 is 1.14 bits per heavy atom. The monoisotopic (exact) mass is 533 g/mol. The van der Waals surface area contributed by atoms with E-state index in [0.717, 1.165) is 72.7 Å². The van der Waals surface area contributed by atoms with Gasteiger partial charge in [0.2, 0.25) is 5.91 Å². The Morgan fingerprint density at radius 3 is 2.58 bits per heavy atom. The highest BCUT2D eigenvalue weighted by molar-refractivity contribution is 7.91. The maximum absolute atomic E-state index is 13.3. The van der Waals surface area contributed by atoms with Crippen LogP contribution in [0.4, 0.5) is 9.52 Å². The van der Waals surface area contributed by atoms with Crippen LogP contribution in [-0.4, -0.2) is 69.4 Å². The molecule has 2 aromatic carbocycles. The predicted molar refractivity (Wildman–Crippen MR) is 141 cm³/mol. The summed E-state index contributed by atoms with van der Waals surface area (Å²) in [6.45, 7) is 8.65. The lowest BCUT2D eigenvalue weighted by molar-refractivity contribution is -0.118. The summed E-state index contributed by atoms with van der Waals surface area (Å²) in [7, 11) is -3.59. The summed E-state index contributed by atoms with van der Waals surface area (Å²) in [5.41, 5.74) is 3.12. The van der Waals surface area contributed by atoms with Crippen LogP contribution >= 0.6 is 11.3 Å². The molecule has 0 atom stereocenters. The molecule has 1 fully saturated rings. The number of carbonyl (C=O) groups excluding carboxylic acids is 1. The molecule has 1 saturated heterocycles. The van der Waals surface area contributed by atoms with E-state index >= 15 is 0 Å². The molecule has 0 bridgehead atoms. The second kappa shape index (κ2) is 11.8. The summed E-state index contributed by atoms with van der Waals surface area (Å²) in [6, 6.07) is 8.91. The molecular weight excluding hydrogens is 501 g/mol. The van der Waals surface area contributed by atoms with Crippen LogP contribution < -0.4 is 4.90 Å². The normalized spacial score (nSPS) is 14.9. The van der Waals surface area contributed by atoms with Gasteiger partial charge in [-0.2, -0.15) is 0 Å². The minimum atomic E-state index is -3.59. The SMILES string of the molecule is Cc1cc(C)c2sc(N(CCCN3CCOCC3)C(=O)CCCS(=O)(=O)c3ccc(F)cc3)nc2c1. The third kappa shape index (κ3) is 6.67. The van der Waals surface area contributed by atoms with Crippen molar-refractivity contribution in [1.29, 1.82) is 0 Å². The second-order valence-corrected chi connectivity index (χ2v) is 12.2. The molecule has 1 aliphatic heterocycles. The third-order valence-electron chi connectivity index (χ3n) is 6.28. The van der Waals surface area contributed by atoms with E-state index in [4.69, 9.17) is 9.72 Å². The van der Waals surface area contributed by atoms with Crippen molar-refractivity contribution in [3.63, 3.8) is 0 Å². The maximum atomic E-state index is 13.3. The first-order chi connectivity index (χ1) is 17.2. The van der Waals surface area contributed by atoms with E-state index in [1.54, 1.807) is 4.90 Å². The molecule has 1 amide bonds. The molecule has 0 aliphatic carbocycles. The minimum absolute atomic E-state index is 0.0655. The lowest BCUT2D eigenvalue weighted by Gasteiger charge is -2.27. The fourth-order valence-electron chi connectivity index (χ4n) is 4.39. The number of sulfone groups is 1. The molecule has 3 aromatic rings. The predicted octanol–water partition coefficient (Wildman–Crippen LogP) is 4.36. The largest absolute Gasteiger partial charge is 0.379 e. The van der Waals surface area contributed by atoms with Gasteiger partial charge >= 0.3 is 0 Å². The molecule has 36 heavy (non-hydrogen) atoms. The van der Waals surface area contributed by atoms with E-state index < -0.39 is 15.7 Å². The molecule has 10 heteroatoms. The highest BCUT2D eigenvalue weighted by Gasteiger charge is 2.22. The van der Waals surface area contributed by atoms with E-state index in [1.165, 1.54) is 23.5 Å². The number of hydrogen-bond donors (Lipinski definition) is 0. The number of halogens is 1. The van der Waals surface area contributed by atoms with Crippen molar-refractivity contribution >= 4 is 42.4 Å². The Labute approximate surface area is 215 Å². The lowest BCUT2D eigenvalue weighted by Crippen LogP contribution is -2.39. The van der Waals surface area contributed by atoms with Crippen LogP contribution in [0.5, 0.6) is 0 Å². The van der Waals surface area contributed by atoms with Gasteiger partial charge in [0, 0.05) is 32.6 Å². The first-order valence-corrected chi connectivity index (χ1v) is 14.7. The van der Waals surface area contributed by atoms with Gasteiger partial charge in [-0.3, -0.25) is 14.6 Å². The van der Waals surface area contributed by atoms with Crippen LogP contribution in [-0.2, 0) is 19.4 Å². The Balaban J connectivity index is 1.45. The van der Waals surface area contributed by atoms with Crippen LogP contribution in [0.25, 0.3) is 10.2 Å². The Morgan fingerprint density at radius 2 is 1.86 bits per heavy atom. The summed E-state index contributed by atoms with van der Waals surface area (Å²) in [4.78, 5) is 22.2. The number of fused-ring (bicyclic) bond motifs is 1. The fraction of sp³-hybridized carbons (Fsp3) is 0.462. The van der Waals surface area contributed by atoms with Gasteiger partial charge in [0.15, 0.2) is 15.0 Å². The minimum Gasteiger partial charge on any atom is -0.379 e. The number of morpholine rings is 1. The van der Waals surface area contributed by atoms with Crippen molar-refractivity contribution in [3.05, 3.63) is 53.3 Å². The van der Waals surface area contributed by atoms with Crippen molar-refractivity contribution in [1.82, 2.24) is 9.88 Å². The molecule has 1 aliphatic rings. The molecule has 2 heterocycles. The highest BCUT2D eigenvalue weighted by Crippen LogP contribution is 2.32. The zero-order chi connectivity index (χ0) is 25.7. The zero-order valence-corrected chi connectivity index (χ0v) is 22.3. The van der Waals surface area contributed by atoms with Gasteiger partial charge in [0.1, 0.15) is 5.82 Å². The fourth-order valence-corrected chi connectivity index (χ4v) is 6.76. The third-order valence-corrected chi connectivity index (χ3v) is 9.32. The van der Waals surface area contributed by atoms with E-state index in [0.29, 0.717) is 11.7 Å². The first kappa shape index (κ1) is 26.7. The molecule has 0 radical (unpaired) electrons. The summed E-state index contributed by atoms with van der Waals surface area (Å²) < 4.78 is 44.9. The van der Waals surface area contributed by atoms with E-state index in [2.05, 4.69) is 11.0 Å². The lowest BCUT2D eigenvalue weighted by atomic mass is 10.1. The number of aromatic nitrogens is 1. The number of aryl methyl sites for hydroxylation is 2. The van der Waals surface area contributed by atoms with Crippen molar-refractivity contribution in [3.8, 4) is 0 Å². The molecule has 0 N–H and O–H groups in total. The molecule has 0 saturated carbocycles. The maximum Gasteiger partial charge on any atom is 0.228 e. The summed E-state index contributed by atoms with van der Waals surface area (Å²) in [6.07, 6.45) is 1.06. The van der Waals surface area contributed by atoms with Crippen LogP contribution in [0.1, 0.15) is 30.4 Å². The zero-order valence-electron chi connectivity index (χ0n) is 20.7. The summed E-state index contributed by atoms with van der Waals surface area (Å²) in [5.74, 6) is -0.803. The van der Waals surface area contributed by atoms with Crippen LogP contribution in [0.2, 0.25) is 0 Å². The average Bonchev–Trinajstić information content (AvgIpc) is 3.26. The van der Waals surface area contributed by atoms with E-state index in [1.807, 2.05) is 19.9 Å². The quantitative estimate of drug-likeness (QED) is 0.360.